The van der Waals surface area contributed by atoms with E-state index < -0.39 is 23.8 Å². The molecule has 41 heavy (non-hydrogen) atoms. The zero-order chi connectivity index (χ0) is 29.6. The number of benzene rings is 3. The van der Waals surface area contributed by atoms with Crippen LogP contribution in [0, 0.1) is 6.92 Å². The Labute approximate surface area is 247 Å². The molecule has 0 bridgehead atoms. The van der Waals surface area contributed by atoms with Gasteiger partial charge in [-0.2, -0.15) is 11.8 Å². The number of hydrogen-bond acceptors (Lipinski definition) is 5. The molecular weight excluding hydrogens is 534 g/mol. The first-order valence-electron chi connectivity index (χ1n) is 14.2. The molecular formula is C33H41N3O4S. The van der Waals surface area contributed by atoms with Gasteiger partial charge in [0.2, 0.25) is 5.91 Å². The number of hydrogen-bond donors (Lipinski definition) is 2. The summed E-state index contributed by atoms with van der Waals surface area (Å²) in [5.41, 5.74) is 1.70. The number of nitrogens with one attached hydrogen (secondary N) is 2. The van der Waals surface area contributed by atoms with Gasteiger partial charge in [-0.3, -0.25) is 9.59 Å². The molecule has 8 heteroatoms. The second-order valence-electron chi connectivity index (χ2n) is 11.7. The van der Waals surface area contributed by atoms with E-state index in [9.17, 15) is 14.4 Å². The number of aryl methyl sites for hydroxylation is 1. The van der Waals surface area contributed by atoms with E-state index in [2.05, 4.69) is 10.6 Å². The summed E-state index contributed by atoms with van der Waals surface area (Å²) in [6.45, 7) is 7.34. The van der Waals surface area contributed by atoms with Gasteiger partial charge in [0.05, 0.1) is 0 Å². The largest absolute Gasteiger partial charge is 0.444 e. The third-order valence-electron chi connectivity index (χ3n) is 7.22. The van der Waals surface area contributed by atoms with E-state index in [1.54, 1.807) is 37.4 Å². The van der Waals surface area contributed by atoms with Crippen LogP contribution in [0.2, 0.25) is 0 Å². The molecule has 0 aliphatic heterocycles. The second-order valence-corrected chi connectivity index (χ2v) is 12.7. The molecule has 3 aromatic rings. The molecule has 3 aromatic carbocycles. The number of rotatable bonds is 10. The van der Waals surface area contributed by atoms with Crippen LogP contribution in [0.1, 0.15) is 63.6 Å². The van der Waals surface area contributed by atoms with Gasteiger partial charge in [-0.25, -0.2) is 4.79 Å². The molecule has 1 fully saturated rings. The first kappa shape index (κ1) is 30.4. The average molecular weight is 576 g/mol. The average Bonchev–Trinajstić information content (AvgIpc) is 2.88. The highest BCUT2D eigenvalue weighted by Crippen LogP contribution is 2.35. The Morgan fingerprint density at radius 2 is 1.73 bits per heavy atom. The molecule has 0 heterocycles. The summed E-state index contributed by atoms with van der Waals surface area (Å²) in [6, 6.07) is 19.7. The highest BCUT2D eigenvalue weighted by atomic mass is 32.2. The van der Waals surface area contributed by atoms with Crippen LogP contribution in [-0.2, 0) is 14.3 Å². The van der Waals surface area contributed by atoms with E-state index in [1.165, 1.54) is 0 Å². The number of ether oxygens (including phenoxy) is 1. The van der Waals surface area contributed by atoms with Gasteiger partial charge < -0.3 is 20.3 Å². The van der Waals surface area contributed by atoms with Gasteiger partial charge in [-0.15, -0.1) is 0 Å². The molecule has 2 atom stereocenters. The van der Waals surface area contributed by atoms with Crippen LogP contribution in [0.5, 0.6) is 0 Å². The maximum absolute atomic E-state index is 14.4. The van der Waals surface area contributed by atoms with E-state index in [-0.39, 0.29) is 17.9 Å². The first-order chi connectivity index (χ1) is 19.6. The van der Waals surface area contributed by atoms with E-state index in [4.69, 9.17) is 4.74 Å². The number of amides is 3. The lowest BCUT2D eigenvalue weighted by Crippen LogP contribution is -2.57. The normalized spacial score (nSPS) is 15.0. The Hall–Kier alpha value is -3.52. The number of anilines is 1. The van der Waals surface area contributed by atoms with E-state index in [1.807, 2.05) is 79.9 Å². The van der Waals surface area contributed by atoms with Gasteiger partial charge >= 0.3 is 6.09 Å². The monoisotopic (exact) mass is 575 g/mol. The smallest absolute Gasteiger partial charge is 0.408 e. The SMILES string of the molecule is CSCCC(NC(=O)OC(C)(C)C)C(=O)N(C1CCC1)C(C(=O)Nc1ccc2ccccc2c1)c1cccc(C)c1. The zero-order valence-corrected chi connectivity index (χ0v) is 25.4. The summed E-state index contributed by atoms with van der Waals surface area (Å²) >= 11 is 1.60. The van der Waals surface area contributed by atoms with E-state index >= 15 is 0 Å². The number of carbonyl (C=O) groups is 3. The van der Waals surface area contributed by atoms with Crippen LogP contribution < -0.4 is 10.6 Å². The molecule has 0 spiro atoms. The van der Waals surface area contributed by atoms with Crippen molar-refractivity contribution in [2.75, 3.05) is 17.3 Å². The van der Waals surface area contributed by atoms with Crippen molar-refractivity contribution < 1.29 is 19.1 Å². The van der Waals surface area contributed by atoms with Crippen molar-refractivity contribution in [2.24, 2.45) is 0 Å². The van der Waals surface area contributed by atoms with E-state index in [0.29, 0.717) is 17.9 Å². The topological polar surface area (TPSA) is 87.7 Å². The standard InChI is InChI=1S/C33H41N3O4S/c1-22-10-8-13-25(20-22)29(30(37)34-26-17-16-23-11-6-7-12-24(23)21-26)36(27-14-9-15-27)31(38)28(18-19-41-5)35-32(39)40-33(2,3)4/h6-8,10-13,16-17,20-21,27-29H,9,14-15,18-19H2,1-5H3,(H,34,37)(H,35,39). The number of carbonyl (C=O) groups excluding carboxylic acids is 3. The lowest BCUT2D eigenvalue weighted by atomic mass is 9.87. The molecule has 0 radical (unpaired) electrons. The van der Waals surface area contributed by atoms with Crippen molar-refractivity contribution >= 4 is 46.1 Å². The minimum absolute atomic E-state index is 0.104. The fourth-order valence-corrected chi connectivity index (χ4v) is 5.53. The lowest BCUT2D eigenvalue weighted by molar-refractivity contribution is -0.145. The van der Waals surface area contributed by atoms with Crippen molar-refractivity contribution in [3.05, 3.63) is 77.9 Å². The second kappa shape index (κ2) is 13.4. The Balaban J connectivity index is 1.70. The molecule has 2 N–H and O–H groups in total. The highest BCUT2D eigenvalue weighted by Gasteiger charge is 2.42. The van der Waals surface area contributed by atoms with Gasteiger partial charge in [0.25, 0.3) is 5.91 Å². The maximum Gasteiger partial charge on any atom is 0.408 e. The number of alkyl carbamates (subject to hydrolysis) is 1. The zero-order valence-electron chi connectivity index (χ0n) is 24.6. The number of thioether (sulfide) groups is 1. The maximum atomic E-state index is 14.4. The first-order valence-corrected chi connectivity index (χ1v) is 15.6. The molecule has 0 saturated heterocycles. The summed E-state index contributed by atoms with van der Waals surface area (Å²) in [7, 11) is 0. The Kier molecular flexibility index (Phi) is 9.97. The minimum atomic E-state index is -0.864. The predicted octanol–water partition coefficient (Wildman–Crippen LogP) is 6.86. The molecule has 0 aromatic heterocycles. The van der Waals surface area contributed by atoms with Gasteiger partial charge in [0.15, 0.2) is 0 Å². The molecule has 218 valence electrons. The van der Waals surface area contributed by atoms with Crippen LogP contribution in [0.15, 0.2) is 66.7 Å². The van der Waals surface area contributed by atoms with Gasteiger partial charge in [-0.05, 0) is 93.9 Å². The molecule has 2 unspecified atom stereocenters. The van der Waals surface area contributed by atoms with Crippen molar-refractivity contribution in [3.8, 4) is 0 Å². The summed E-state index contributed by atoms with van der Waals surface area (Å²) in [6.07, 6.45) is 4.34. The quantitative estimate of drug-likeness (QED) is 0.276. The molecule has 4 rings (SSSR count). The summed E-state index contributed by atoms with van der Waals surface area (Å²) in [4.78, 5) is 43.1. The van der Waals surface area contributed by atoms with Crippen molar-refractivity contribution in [2.45, 2.75) is 77.1 Å². The van der Waals surface area contributed by atoms with Crippen LogP contribution in [0.4, 0.5) is 10.5 Å². The third kappa shape index (κ3) is 8.03. The van der Waals surface area contributed by atoms with Crippen LogP contribution in [-0.4, -0.2) is 52.5 Å². The van der Waals surface area contributed by atoms with Gasteiger partial charge in [0, 0.05) is 11.7 Å². The molecule has 3 amide bonds. The number of nitrogens with zero attached hydrogens (tertiary/aromatic N) is 1. The fourth-order valence-electron chi connectivity index (χ4n) is 5.06. The summed E-state index contributed by atoms with van der Waals surface area (Å²) in [5.74, 6) is 0.116. The van der Waals surface area contributed by atoms with E-state index in [0.717, 1.165) is 41.2 Å². The molecule has 7 nitrogen and oxygen atoms in total. The molecule has 1 aliphatic carbocycles. The number of fused-ring (bicyclic) bond motifs is 1. The Bertz CT molecular complexity index is 1380. The summed E-state index contributed by atoms with van der Waals surface area (Å²) < 4.78 is 5.49. The van der Waals surface area contributed by atoms with Crippen molar-refractivity contribution in [3.63, 3.8) is 0 Å². The van der Waals surface area contributed by atoms with Gasteiger partial charge in [-0.1, -0.05) is 60.2 Å². The van der Waals surface area contributed by atoms with Crippen LogP contribution in [0.3, 0.4) is 0 Å². The van der Waals surface area contributed by atoms with Crippen LogP contribution in [0.25, 0.3) is 10.8 Å². The third-order valence-corrected chi connectivity index (χ3v) is 7.87. The van der Waals surface area contributed by atoms with Gasteiger partial charge in [0.1, 0.15) is 17.7 Å². The lowest BCUT2D eigenvalue weighted by Gasteiger charge is -2.43. The van der Waals surface area contributed by atoms with Crippen molar-refractivity contribution in [1.82, 2.24) is 10.2 Å². The highest BCUT2D eigenvalue weighted by molar-refractivity contribution is 7.98. The Morgan fingerprint density at radius 3 is 2.37 bits per heavy atom. The molecule has 1 saturated carbocycles. The molecule has 1 aliphatic rings. The van der Waals surface area contributed by atoms with Crippen molar-refractivity contribution in [1.29, 1.82) is 0 Å². The fraction of sp³-hybridized carbons (Fsp3) is 0.424. The summed E-state index contributed by atoms with van der Waals surface area (Å²) in [5, 5.41) is 8.01. The Morgan fingerprint density at radius 1 is 1.00 bits per heavy atom. The minimum Gasteiger partial charge on any atom is -0.444 e. The predicted molar refractivity (Wildman–Crippen MR) is 167 cm³/mol. The van der Waals surface area contributed by atoms with Crippen LogP contribution >= 0.6 is 11.8 Å².